The van der Waals surface area contributed by atoms with Gasteiger partial charge in [-0.2, -0.15) is 0 Å². The standard InChI is InChI=1S/C19H30O5/c1-3-7-12(8-4-1)17-20-11-14-15(22-17)16-19(21-14)24-18(23-16)13-9-5-2-6-10-13/h12-19H,1-11H2/t14?,15?,16-,17?,18?,19-/m1/s1. The van der Waals surface area contributed by atoms with Crippen LogP contribution in [0.3, 0.4) is 0 Å². The second-order valence-electron chi connectivity index (χ2n) is 8.25. The van der Waals surface area contributed by atoms with Crippen molar-refractivity contribution in [1.82, 2.24) is 0 Å². The monoisotopic (exact) mass is 338 g/mol. The SMILES string of the molecule is C1CCC(C2OCC3O[C@@H]4OC(C5CCCCC5)O[C@@H]4C3O2)CC1. The van der Waals surface area contributed by atoms with Crippen molar-refractivity contribution in [1.29, 1.82) is 0 Å². The molecule has 0 radical (unpaired) electrons. The van der Waals surface area contributed by atoms with Gasteiger partial charge in [0.2, 0.25) is 0 Å². The average molecular weight is 338 g/mol. The van der Waals surface area contributed by atoms with Gasteiger partial charge in [0.25, 0.3) is 0 Å². The Bertz CT molecular complexity index is 431. The van der Waals surface area contributed by atoms with E-state index in [-0.39, 0.29) is 37.2 Å². The Morgan fingerprint density at radius 2 is 1.12 bits per heavy atom. The number of hydrogen-bond donors (Lipinski definition) is 0. The van der Waals surface area contributed by atoms with Gasteiger partial charge < -0.3 is 23.7 Å². The van der Waals surface area contributed by atoms with Crippen molar-refractivity contribution >= 4 is 0 Å². The highest BCUT2D eigenvalue weighted by Crippen LogP contribution is 2.43. The molecule has 0 aromatic heterocycles. The molecule has 0 N–H and O–H groups in total. The molecule has 5 nitrogen and oxygen atoms in total. The maximum absolute atomic E-state index is 6.35. The summed E-state index contributed by atoms with van der Waals surface area (Å²) in [5, 5.41) is 0. The maximum atomic E-state index is 6.35. The Morgan fingerprint density at radius 3 is 1.83 bits per heavy atom. The summed E-state index contributed by atoms with van der Waals surface area (Å²) in [6.45, 7) is 0.611. The molecule has 5 rings (SSSR count). The second-order valence-corrected chi connectivity index (χ2v) is 8.25. The fourth-order valence-electron chi connectivity index (χ4n) is 5.23. The van der Waals surface area contributed by atoms with Crippen molar-refractivity contribution in [3.63, 3.8) is 0 Å². The third-order valence-corrected chi connectivity index (χ3v) is 6.61. The van der Waals surface area contributed by atoms with Crippen molar-refractivity contribution in [2.24, 2.45) is 11.8 Å². The highest BCUT2D eigenvalue weighted by atomic mass is 16.8. The minimum Gasteiger partial charge on any atom is -0.350 e. The fraction of sp³-hybridized carbons (Fsp3) is 1.00. The van der Waals surface area contributed by atoms with Crippen LogP contribution in [0.5, 0.6) is 0 Å². The van der Waals surface area contributed by atoms with Crippen LogP contribution in [0.15, 0.2) is 0 Å². The molecule has 24 heavy (non-hydrogen) atoms. The van der Waals surface area contributed by atoms with Crippen LogP contribution in [0, 0.1) is 11.8 Å². The van der Waals surface area contributed by atoms with Crippen molar-refractivity contribution in [2.45, 2.75) is 101 Å². The van der Waals surface area contributed by atoms with E-state index in [2.05, 4.69) is 0 Å². The van der Waals surface area contributed by atoms with E-state index in [1.54, 1.807) is 0 Å². The van der Waals surface area contributed by atoms with Crippen LogP contribution in [0.4, 0.5) is 0 Å². The van der Waals surface area contributed by atoms with E-state index in [0.717, 1.165) is 0 Å². The molecule has 5 heteroatoms. The molecule has 3 heterocycles. The van der Waals surface area contributed by atoms with E-state index in [0.29, 0.717) is 18.4 Å². The molecule has 2 saturated carbocycles. The molecule has 0 amide bonds. The second kappa shape index (κ2) is 6.84. The van der Waals surface area contributed by atoms with Gasteiger partial charge in [-0.3, -0.25) is 0 Å². The first-order valence-electron chi connectivity index (χ1n) is 10.1. The zero-order valence-corrected chi connectivity index (χ0v) is 14.4. The summed E-state index contributed by atoms with van der Waals surface area (Å²) >= 11 is 0. The maximum Gasteiger partial charge on any atom is 0.190 e. The summed E-state index contributed by atoms with van der Waals surface area (Å²) in [6.07, 6.45) is 12.2. The fourth-order valence-corrected chi connectivity index (χ4v) is 5.23. The lowest BCUT2D eigenvalue weighted by Crippen LogP contribution is -2.49. The van der Waals surface area contributed by atoms with E-state index in [9.17, 15) is 0 Å². The van der Waals surface area contributed by atoms with Gasteiger partial charge in [-0.1, -0.05) is 38.5 Å². The van der Waals surface area contributed by atoms with E-state index < -0.39 is 0 Å². The van der Waals surface area contributed by atoms with Crippen molar-refractivity contribution in [3.05, 3.63) is 0 Å². The number of ether oxygens (including phenoxy) is 5. The van der Waals surface area contributed by atoms with Gasteiger partial charge in [-0.15, -0.1) is 0 Å². The zero-order valence-electron chi connectivity index (χ0n) is 14.4. The Morgan fingerprint density at radius 1 is 0.500 bits per heavy atom. The van der Waals surface area contributed by atoms with Crippen molar-refractivity contribution in [2.75, 3.05) is 6.61 Å². The molecule has 3 aliphatic heterocycles. The summed E-state index contributed by atoms with van der Waals surface area (Å²) < 4.78 is 30.8. The van der Waals surface area contributed by atoms with Crippen LogP contribution in [0.1, 0.15) is 64.2 Å². The summed E-state index contributed by atoms with van der Waals surface area (Å²) in [5.74, 6) is 1.07. The molecule has 5 fully saturated rings. The summed E-state index contributed by atoms with van der Waals surface area (Å²) in [4.78, 5) is 0. The van der Waals surface area contributed by atoms with Gasteiger partial charge in [-0.25, -0.2) is 0 Å². The molecule has 2 aliphatic carbocycles. The molecule has 0 bridgehead atoms. The number of fused-ring (bicyclic) bond motifs is 3. The first kappa shape index (κ1) is 16.0. The van der Waals surface area contributed by atoms with Gasteiger partial charge in [-0.05, 0) is 25.7 Å². The molecular weight excluding hydrogens is 308 g/mol. The normalized spacial score (nSPS) is 47.5. The first-order chi connectivity index (χ1) is 11.9. The molecule has 6 atom stereocenters. The van der Waals surface area contributed by atoms with Crippen LogP contribution < -0.4 is 0 Å². The average Bonchev–Trinajstić information content (AvgIpc) is 3.21. The highest BCUT2D eigenvalue weighted by Gasteiger charge is 2.56. The Hall–Kier alpha value is -0.200. The number of hydrogen-bond acceptors (Lipinski definition) is 5. The van der Waals surface area contributed by atoms with Gasteiger partial charge in [0.1, 0.15) is 18.3 Å². The van der Waals surface area contributed by atoms with E-state index in [4.69, 9.17) is 23.7 Å². The van der Waals surface area contributed by atoms with Crippen LogP contribution in [0.25, 0.3) is 0 Å². The lowest BCUT2D eigenvalue weighted by molar-refractivity contribution is -0.288. The molecular formula is C19H30O5. The van der Waals surface area contributed by atoms with E-state index in [1.165, 1.54) is 64.2 Å². The third-order valence-electron chi connectivity index (χ3n) is 6.61. The quantitative estimate of drug-likeness (QED) is 0.773. The minimum atomic E-state index is -0.263. The van der Waals surface area contributed by atoms with Crippen LogP contribution in [-0.4, -0.2) is 43.8 Å². The largest absolute Gasteiger partial charge is 0.350 e. The smallest absolute Gasteiger partial charge is 0.190 e. The molecule has 0 aromatic carbocycles. The van der Waals surface area contributed by atoms with Crippen LogP contribution in [0.2, 0.25) is 0 Å². The summed E-state index contributed by atoms with van der Waals surface area (Å²) in [5.41, 5.74) is 0. The molecule has 0 spiro atoms. The zero-order chi connectivity index (χ0) is 15.9. The Balaban J connectivity index is 1.22. The van der Waals surface area contributed by atoms with Crippen molar-refractivity contribution < 1.29 is 23.7 Å². The number of rotatable bonds is 2. The van der Waals surface area contributed by atoms with E-state index >= 15 is 0 Å². The van der Waals surface area contributed by atoms with Crippen molar-refractivity contribution in [3.8, 4) is 0 Å². The molecule has 136 valence electrons. The molecule has 3 saturated heterocycles. The molecule has 4 unspecified atom stereocenters. The summed E-state index contributed by atoms with van der Waals surface area (Å²) in [6, 6.07) is 0. The van der Waals surface area contributed by atoms with Gasteiger partial charge in [0.05, 0.1) is 6.61 Å². The summed E-state index contributed by atoms with van der Waals surface area (Å²) in [7, 11) is 0. The van der Waals surface area contributed by atoms with Gasteiger partial charge in [0.15, 0.2) is 18.9 Å². The topological polar surface area (TPSA) is 46.2 Å². The third kappa shape index (κ3) is 2.92. The first-order valence-corrected chi connectivity index (χ1v) is 10.1. The predicted octanol–water partition coefficient (Wildman–Crippen LogP) is 3.35. The van der Waals surface area contributed by atoms with Gasteiger partial charge >= 0.3 is 0 Å². The van der Waals surface area contributed by atoms with Gasteiger partial charge in [0, 0.05) is 11.8 Å². The lowest BCUT2D eigenvalue weighted by atomic mass is 9.88. The molecule has 5 aliphatic rings. The molecule has 0 aromatic rings. The van der Waals surface area contributed by atoms with E-state index in [1.807, 2.05) is 0 Å². The minimum absolute atomic E-state index is 0.0238. The van der Waals surface area contributed by atoms with Crippen LogP contribution >= 0.6 is 0 Å². The van der Waals surface area contributed by atoms with Crippen LogP contribution in [-0.2, 0) is 23.7 Å². The lowest BCUT2D eigenvalue weighted by Gasteiger charge is -2.38. The Labute approximate surface area is 144 Å². The Kier molecular flexibility index (Phi) is 4.56. The predicted molar refractivity (Wildman–Crippen MR) is 86.2 cm³/mol. The highest BCUT2D eigenvalue weighted by molar-refractivity contribution is 4.95.